The van der Waals surface area contributed by atoms with Crippen LogP contribution in [-0.4, -0.2) is 23.0 Å². The molecule has 0 radical (unpaired) electrons. The second kappa shape index (κ2) is 14.2. The largest absolute Gasteiger partial charge is 0.208 e. The summed E-state index contributed by atoms with van der Waals surface area (Å²) in [6.07, 6.45) is 0. The molecule has 1 aliphatic heterocycles. The molecular weight excluding hydrogens is 707 g/mol. The molecule has 0 amide bonds. The van der Waals surface area contributed by atoms with Crippen molar-refractivity contribution in [3.8, 4) is 67.5 Å². The Kier molecular flexibility index (Phi) is 8.62. The van der Waals surface area contributed by atoms with Crippen LogP contribution in [0.25, 0.3) is 67.5 Å². The van der Waals surface area contributed by atoms with E-state index < -0.39 is 8.07 Å². The first kappa shape index (κ1) is 34.5. The first-order valence-electron chi connectivity index (χ1n) is 19.5. The van der Waals surface area contributed by atoms with Crippen LogP contribution in [0.5, 0.6) is 0 Å². The molecule has 57 heavy (non-hydrogen) atoms. The minimum Gasteiger partial charge on any atom is -0.208 e. The summed E-state index contributed by atoms with van der Waals surface area (Å²) in [5.74, 6) is 1.93. The summed E-state index contributed by atoms with van der Waals surface area (Å²) in [7, 11) is -2.75. The van der Waals surface area contributed by atoms with Crippen molar-refractivity contribution >= 4 is 28.8 Å². The van der Waals surface area contributed by atoms with Crippen molar-refractivity contribution in [2.45, 2.75) is 13.8 Å². The van der Waals surface area contributed by atoms with Crippen molar-refractivity contribution in [1.29, 1.82) is 0 Å². The van der Waals surface area contributed by atoms with Gasteiger partial charge in [-0.05, 0) is 86.2 Å². The average Bonchev–Trinajstić information content (AvgIpc) is 3.58. The molecule has 8 aromatic carbocycles. The first-order chi connectivity index (χ1) is 28.0. The van der Waals surface area contributed by atoms with E-state index in [2.05, 4.69) is 196 Å². The molecule has 0 saturated carbocycles. The summed E-state index contributed by atoms with van der Waals surface area (Å²) in [4.78, 5) is 15.8. The van der Waals surface area contributed by atoms with Crippen molar-refractivity contribution < 1.29 is 0 Å². The molecule has 2 heterocycles. The molecule has 0 aliphatic carbocycles. The summed E-state index contributed by atoms with van der Waals surface area (Å²) in [5, 5.41) is 5.51. The van der Waals surface area contributed by atoms with Crippen LogP contribution in [0.1, 0.15) is 11.1 Å². The van der Waals surface area contributed by atoms with Gasteiger partial charge in [0.05, 0.1) is 0 Å². The lowest BCUT2D eigenvalue weighted by Gasteiger charge is -2.31. The smallest absolute Gasteiger partial charge is 0.180 e. The molecule has 4 heteroatoms. The third kappa shape index (κ3) is 6.12. The van der Waals surface area contributed by atoms with Gasteiger partial charge in [-0.3, -0.25) is 0 Å². The van der Waals surface area contributed by atoms with Crippen molar-refractivity contribution in [1.82, 2.24) is 15.0 Å². The molecule has 0 fully saturated rings. The van der Waals surface area contributed by atoms with Gasteiger partial charge >= 0.3 is 0 Å². The lowest BCUT2D eigenvalue weighted by atomic mass is 9.96. The van der Waals surface area contributed by atoms with E-state index in [-0.39, 0.29) is 0 Å². The third-order valence-corrected chi connectivity index (χ3v) is 16.2. The normalized spacial score (nSPS) is 12.5. The number of hydrogen-bond acceptors (Lipinski definition) is 3. The number of fused-ring (bicyclic) bond motifs is 3. The second-order valence-electron chi connectivity index (χ2n) is 15.0. The Morgan fingerprint density at radius 3 is 1.26 bits per heavy atom. The molecule has 1 aliphatic rings. The highest BCUT2D eigenvalue weighted by molar-refractivity contribution is 7.22. The van der Waals surface area contributed by atoms with Gasteiger partial charge in [-0.1, -0.05) is 193 Å². The van der Waals surface area contributed by atoms with E-state index in [9.17, 15) is 0 Å². The first-order valence-corrected chi connectivity index (χ1v) is 21.5. The van der Waals surface area contributed by atoms with Crippen LogP contribution in [0, 0.1) is 13.8 Å². The SMILES string of the molecule is Cc1ccc([Si]2(c3ccc(C)cc3)c3ccccc3-c3ccc(-c4nc(-c5ccccc5)nc(-c5cc(-c6ccccc6)cc(-c6ccccc6)c5)n4)cc32)cc1. The van der Waals surface area contributed by atoms with Crippen LogP contribution >= 0.6 is 0 Å². The maximum atomic E-state index is 5.35. The molecule has 1 aromatic heterocycles. The van der Waals surface area contributed by atoms with Crippen molar-refractivity contribution in [3.05, 3.63) is 211 Å². The van der Waals surface area contributed by atoms with Crippen LogP contribution in [0.3, 0.4) is 0 Å². The Bertz CT molecular complexity index is 2790. The van der Waals surface area contributed by atoms with Crippen molar-refractivity contribution in [2.75, 3.05) is 0 Å². The lowest BCUT2D eigenvalue weighted by molar-refractivity contribution is 1.07. The molecule has 3 nitrogen and oxygen atoms in total. The van der Waals surface area contributed by atoms with E-state index in [0.29, 0.717) is 17.5 Å². The summed E-state index contributed by atoms with van der Waals surface area (Å²) in [5.41, 5.74) is 12.4. The van der Waals surface area contributed by atoms with Gasteiger partial charge in [0.25, 0.3) is 0 Å². The summed E-state index contributed by atoms with van der Waals surface area (Å²) >= 11 is 0. The Balaban J connectivity index is 1.22. The molecule has 0 saturated heterocycles. The topological polar surface area (TPSA) is 38.7 Å². The fourth-order valence-electron chi connectivity index (χ4n) is 8.52. The van der Waals surface area contributed by atoms with Gasteiger partial charge in [0.15, 0.2) is 25.5 Å². The van der Waals surface area contributed by atoms with Crippen molar-refractivity contribution in [2.24, 2.45) is 0 Å². The number of nitrogens with zero attached hydrogens (tertiary/aromatic N) is 3. The molecule has 0 spiro atoms. The summed E-state index contributed by atoms with van der Waals surface area (Å²) in [6, 6.07) is 72.4. The number of hydrogen-bond donors (Lipinski definition) is 0. The maximum absolute atomic E-state index is 5.35. The van der Waals surface area contributed by atoms with Crippen molar-refractivity contribution in [3.63, 3.8) is 0 Å². The van der Waals surface area contributed by atoms with Crippen LogP contribution in [0.4, 0.5) is 0 Å². The summed E-state index contributed by atoms with van der Waals surface area (Å²) < 4.78 is 0. The van der Waals surface area contributed by atoms with Gasteiger partial charge < -0.3 is 0 Å². The molecule has 0 atom stereocenters. The maximum Gasteiger partial charge on any atom is 0.180 e. The molecule has 0 bridgehead atoms. The van der Waals surface area contributed by atoms with E-state index in [1.54, 1.807) is 0 Å². The Morgan fingerprint density at radius 2 is 0.719 bits per heavy atom. The van der Waals surface area contributed by atoms with Crippen LogP contribution in [0.2, 0.25) is 0 Å². The highest BCUT2D eigenvalue weighted by atomic mass is 28.3. The fourth-order valence-corrected chi connectivity index (χ4v) is 13.7. The minimum absolute atomic E-state index is 0.637. The van der Waals surface area contributed by atoms with E-state index in [1.807, 2.05) is 18.2 Å². The van der Waals surface area contributed by atoms with Crippen LogP contribution < -0.4 is 20.7 Å². The predicted molar refractivity (Wildman–Crippen MR) is 239 cm³/mol. The van der Waals surface area contributed by atoms with Gasteiger partial charge in [0.1, 0.15) is 0 Å². The number of aryl methyl sites for hydroxylation is 2. The van der Waals surface area contributed by atoms with Gasteiger partial charge in [-0.2, -0.15) is 0 Å². The number of benzene rings is 8. The minimum atomic E-state index is -2.75. The number of aromatic nitrogens is 3. The number of rotatable bonds is 7. The monoisotopic (exact) mass is 745 g/mol. The zero-order valence-electron chi connectivity index (χ0n) is 31.9. The second-order valence-corrected chi connectivity index (χ2v) is 18.7. The molecule has 9 aromatic rings. The van der Waals surface area contributed by atoms with Gasteiger partial charge in [0, 0.05) is 16.7 Å². The lowest BCUT2D eigenvalue weighted by Crippen LogP contribution is -2.72. The fraction of sp³-hybridized carbons (Fsp3) is 0.0377. The molecule has 0 N–H and O–H groups in total. The zero-order chi connectivity index (χ0) is 38.3. The van der Waals surface area contributed by atoms with Gasteiger partial charge in [-0.15, -0.1) is 0 Å². The van der Waals surface area contributed by atoms with Crippen LogP contribution in [-0.2, 0) is 0 Å². The molecular formula is C53H39N3Si. The molecule has 10 rings (SSSR count). The predicted octanol–water partition coefficient (Wildman–Crippen LogP) is 10.2. The Labute approximate surface area is 335 Å². The standard InChI is InChI=1S/C53H39N3Si/c1-36-22-27-45(28-23-36)57(46-29-24-37(2)25-30-46)49-21-13-12-20-47(49)48-31-26-41(35-50(48)57)52-54-51(40-18-10-5-11-19-40)55-53(56-52)44-33-42(38-14-6-3-7-15-38)32-43(34-44)39-16-8-4-9-17-39/h3-35H,1-2H3. The highest BCUT2D eigenvalue weighted by Crippen LogP contribution is 2.35. The average molecular weight is 746 g/mol. The third-order valence-electron chi connectivity index (χ3n) is 11.3. The van der Waals surface area contributed by atoms with E-state index in [0.717, 1.165) is 38.9 Å². The van der Waals surface area contributed by atoms with Gasteiger partial charge in [-0.25, -0.2) is 15.0 Å². The quantitative estimate of drug-likeness (QED) is 0.153. The van der Waals surface area contributed by atoms with E-state index >= 15 is 0 Å². The highest BCUT2D eigenvalue weighted by Gasteiger charge is 2.48. The molecule has 270 valence electrons. The zero-order valence-corrected chi connectivity index (χ0v) is 32.9. The Hall–Kier alpha value is -7.01. The summed E-state index contributed by atoms with van der Waals surface area (Å²) in [6.45, 7) is 4.33. The van der Waals surface area contributed by atoms with E-state index in [4.69, 9.17) is 15.0 Å². The van der Waals surface area contributed by atoms with Gasteiger partial charge in [0.2, 0.25) is 0 Å². The van der Waals surface area contributed by atoms with E-state index in [1.165, 1.54) is 43.0 Å². The molecule has 0 unspecified atom stereocenters. The van der Waals surface area contributed by atoms with Crippen LogP contribution in [0.15, 0.2) is 200 Å². The Morgan fingerprint density at radius 1 is 0.298 bits per heavy atom.